The summed E-state index contributed by atoms with van der Waals surface area (Å²) >= 11 is 0. The molecule has 1 amide bonds. The molecular formula is C16H22N2O2. The Kier molecular flexibility index (Phi) is 3.92. The third-order valence-electron chi connectivity index (χ3n) is 4.47. The number of amides is 1. The predicted molar refractivity (Wildman–Crippen MR) is 78.8 cm³/mol. The largest absolute Gasteiger partial charge is 0.384 e. The van der Waals surface area contributed by atoms with E-state index in [1.165, 1.54) is 11.3 Å². The Balaban J connectivity index is 1.50. The standard InChI is InChI=1S/C16H22N2O2/c1-11-12(6-7-20-11)9-18-16(19)8-13-10-17-15-5-3-2-4-14(13)15/h2-5,11-13,17H,6-10H2,1H3,(H,18,19). The van der Waals surface area contributed by atoms with Crippen molar-refractivity contribution in [1.29, 1.82) is 0 Å². The molecule has 0 radical (unpaired) electrons. The number of carbonyl (C=O) groups is 1. The number of ether oxygens (including phenoxy) is 1. The zero-order chi connectivity index (χ0) is 13.9. The first-order valence-corrected chi connectivity index (χ1v) is 7.45. The quantitative estimate of drug-likeness (QED) is 0.884. The van der Waals surface area contributed by atoms with Gasteiger partial charge in [0.2, 0.25) is 5.91 Å². The van der Waals surface area contributed by atoms with Gasteiger partial charge in [0.15, 0.2) is 0 Å². The molecule has 2 aliphatic rings. The van der Waals surface area contributed by atoms with Crippen LogP contribution in [0, 0.1) is 5.92 Å². The molecule has 2 aliphatic heterocycles. The van der Waals surface area contributed by atoms with Crippen LogP contribution in [0.4, 0.5) is 5.69 Å². The summed E-state index contributed by atoms with van der Waals surface area (Å²) in [6.07, 6.45) is 1.88. The van der Waals surface area contributed by atoms with E-state index in [2.05, 4.69) is 29.7 Å². The van der Waals surface area contributed by atoms with Crippen LogP contribution in [-0.2, 0) is 9.53 Å². The van der Waals surface area contributed by atoms with Crippen LogP contribution < -0.4 is 10.6 Å². The summed E-state index contributed by atoms with van der Waals surface area (Å²) in [4.78, 5) is 12.1. The summed E-state index contributed by atoms with van der Waals surface area (Å²) in [6.45, 7) is 4.50. The van der Waals surface area contributed by atoms with Crippen molar-refractivity contribution >= 4 is 11.6 Å². The Labute approximate surface area is 119 Å². The lowest BCUT2D eigenvalue weighted by molar-refractivity contribution is -0.121. The lowest BCUT2D eigenvalue weighted by Gasteiger charge is -2.16. The predicted octanol–water partition coefficient (Wildman–Crippen LogP) is 2.13. The highest BCUT2D eigenvalue weighted by Gasteiger charge is 2.26. The van der Waals surface area contributed by atoms with Crippen molar-refractivity contribution in [3.63, 3.8) is 0 Å². The fourth-order valence-corrected chi connectivity index (χ4v) is 3.12. The molecule has 1 aromatic rings. The van der Waals surface area contributed by atoms with Gasteiger partial charge in [-0.2, -0.15) is 0 Å². The van der Waals surface area contributed by atoms with Crippen molar-refractivity contribution < 1.29 is 9.53 Å². The Bertz CT molecular complexity index is 489. The fourth-order valence-electron chi connectivity index (χ4n) is 3.12. The van der Waals surface area contributed by atoms with Crippen molar-refractivity contribution in [2.24, 2.45) is 5.92 Å². The summed E-state index contributed by atoms with van der Waals surface area (Å²) in [7, 11) is 0. The molecule has 2 N–H and O–H groups in total. The van der Waals surface area contributed by atoms with E-state index in [4.69, 9.17) is 4.74 Å². The number of nitrogens with one attached hydrogen (secondary N) is 2. The second-order valence-electron chi connectivity index (χ2n) is 5.80. The van der Waals surface area contributed by atoms with Gasteiger partial charge in [-0.25, -0.2) is 0 Å². The minimum absolute atomic E-state index is 0.146. The molecule has 4 nitrogen and oxygen atoms in total. The van der Waals surface area contributed by atoms with Crippen LogP contribution in [0.2, 0.25) is 0 Å². The normalized spacial score (nSPS) is 27.9. The molecule has 20 heavy (non-hydrogen) atoms. The van der Waals surface area contributed by atoms with Gasteiger partial charge in [0.05, 0.1) is 6.10 Å². The first kappa shape index (κ1) is 13.4. The Morgan fingerprint density at radius 3 is 3.10 bits per heavy atom. The van der Waals surface area contributed by atoms with Gasteiger partial charge in [-0.05, 0) is 25.0 Å². The Morgan fingerprint density at radius 1 is 1.45 bits per heavy atom. The van der Waals surface area contributed by atoms with E-state index >= 15 is 0 Å². The second-order valence-corrected chi connectivity index (χ2v) is 5.80. The number of rotatable bonds is 4. The molecule has 3 unspecified atom stereocenters. The highest BCUT2D eigenvalue weighted by molar-refractivity contribution is 5.78. The van der Waals surface area contributed by atoms with E-state index in [1.54, 1.807) is 0 Å². The van der Waals surface area contributed by atoms with Crippen molar-refractivity contribution in [3.8, 4) is 0 Å². The molecule has 0 aliphatic carbocycles. The van der Waals surface area contributed by atoms with Gasteiger partial charge < -0.3 is 15.4 Å². The van der Waals surface area contributed by atoms with Gasteiger partial charge in [0, 0.05) is 43.6 Å². The molecule has 1 aromatic carbocycles. The number of hydrogen-bond acceptors (Lipinski definition) is 3. The highest BCUT2D eigenvalue weighted by Crippen LogP contribution is 2.33. The van der Waals surface area contributed by atoms with Gasteiger partial charge in [-0.1, -0.05) is 18.2 Å². The van der Waals surface area contributed by atoms with E-state index in [-0.39, 0.29) is 12.0 Å². The molecule has 108 valence electrons. The van der Waals surface area contributed by atoms with Crippen LogP contribution in [0.25, 0.3) is 0 Å². The van der Waals surface area contributed by atoms with Crippen molar-refractivity contribution in [3.05, 3.63) is 29.8 Å². The summed E-state index contributed by atoms with van der Waals surface area (Å²) in [5, 5.41) is 6.43. The Hall–Kier alpha value is -1.55. The smallest absolute Gasteiger partial charge is 0.220 e. The third kappa shape index (κ3) is 2.80. The molecule has 2 heterocycles. The lowest BCUT2D eigenvalue weighted by atomic mass is 9.97. The van der Waals surface area contributed by atoms with Gasteiger partial charge in [0.1, 0.15) is 0 Å². The highest BCUT2D eigenvalue weighted by atomic mass is 16.5. The number of fused-ring (bicyclic) bond motifs is 1. The van der Waals surface area contributed by atoms with Crippen LogP contribution in [0.5, 0.6) is 0 Å². The van der Waals surface area contributed by atoms with Crippen molar-refractivity contribution in [2.45, 2.75) is 31.8 Å². The lowest BCUT2D eigenvalue weighted by Crippen LogP contribution is -2.32. The van der Waals surface area contributed by atoms with Crippen LogP contribution >= 0.6 is 0 Å². The Morgan fingerprint density at radius 2 is 2.30 bits per heavy atom. The molecule has 0 bridgehead atoms. The number of para-hydroxylation sites is 1. The molecule has 0 aromatic heterocycles. The minimum atomic E-state index is 0.146. The molecule has 1 saturated heterocycles. The molecule has 3 atom stereocenters. The maximum atomic E-state index is 12.1. The van der Waals surface area contributed by atoms with Crippen molar-refractivity contribution in [1.82, 2.24) is 5.32 Å². The molecule has 1 fully saturated rings. The molecule has 4 heteroatoms. The second kappa shape index (κ2) is 5.83. The van der Waals surface area contributed by atoms with Crippen LogP contribution in [0.3, 0.4) is 0 Å². The van der Waals surface area contributed by atoms with Crippen LogP contribution in [0.1, 0.15) is 31.2 Å². The van der Waals surface area contributed by atoms with Crippen molar-refractivity contribution in [2.75, 3.05) is 25.0 Å². The van der Waals surface area contributed by atoms with Gasteiger partial charge in [-0.15, -0.1) is 0 Å². The number of hydrogen-bond donors (Lipinski definition) is 2. The van der Waals surface area contributed by atoms with E-state index in [9.17, 15) is 4.79 Å². The average Bonchev–Trinajstić information content (AvgIpc) is 3.04. The number of benzene rings is 1. The topological polar surface area (TPSA) is 50.4 Å². The van der Waals surface area contributed by atoms with Gasteiger partial charge >= 0.3 is 0 Å². The SMILES string of the molecule is CC1OCCC1CNC(=O)CC1CNc2ccccc21. The van der Waals surface area contributed by atoms with Crippen LogP contribution in [0.15, 0.2) is 24.3 Å². The number of anilines is 1. The zero-order valence-corrected chi connectivity index (χ0v) is 11.9. The average molecular weight is 274 g/mol. The maximum absolute atomic E-state index is 12.1. The van der Waals surface area contributed by atoms with E-state index in [1.807, 2.05) is 12.1 Å². The minimum Gasteiger partial charge on any atom is -0.384 e. The maximum Gasteiger partial charge on any atom is 0.220 e. The van der Waals surface area contributed by atoms with E-state index in [0.717, 1.165) is 26.1 Å². The summed E-state index contributed by atoms with van der Waals surface area (Å²) in [5.74, 6) is 0.906. The zero-order valence-electron chi connectivity index (χ0n) is 11.9. The summed E-state index contributed by atoms with van der Waals surface area (Å²) in [6, 6.07) is 8.25. The molecule has 3 rings (SSSR count). The molecule has 0 spiro atoms. The molecule has 0 saturated carbocycles. The number of carbonyl (C=O) groups excluding carboxylic acids is 1. The molecular weight excluding hydrogens is 252 g/mol. The van der Waals surface area contributed by atoms with Gasteiger partial charge in [-0.3, -0.25) is 4.79 Å². The third-order valence-corrected chi connectivity index (χ3v) is 4.47. The first-order chi connectivity index (χ1) is 9.74. The van der Waals surface area contributed by atoms with Gasteiger partial charge in [0.25, 0.3) is 0 Å². The van der Waals surface area contributed by atoms with E-state index in [0.29, 0.717) is 18.3 Å². The van der Waals surface area contributed by atoms with Crippen LogP contribution in [-0.4, -0.2) is 31.7 Å². The summed E-state index contributed by atoms with van der Waals surface area (Å²) in [5.41, 5.74) is 2.43. The summed E-state index contributed by atoms with van der Waals surface area (Å²) < 4.78 is 5.52. The first-order valence-electron chi connectivity index (χ1n) is 7.45. The fraction of sp³-hybridized carbons (Fsp3) is 0.562. The van der Waals surface area contributed by atoms with E-state index < -0.39 is 0 Å². The monoisotopic (exact) mass is 274 g/mol.